The minimum Gasteiger partial charge on any atom is -0.385 e. The molecule has 84 valence electrons. The van der Waals surface area contributed by atoms with Gasteiger partial charge < -0.3 is 10.4 Å². The molecule has 0 amide bonds. The molecule has 0 saturated heterocycles. The van der Waals surface area contributed by atoms with Gasteiger partial charge in [0.15, 0.2) is 0 Å². The molecule has 0 aliphatic rings. The lowest BCUT2D eigenvalue weighted by Gasteiger charge is -2.11. The van der Waals surface area contributed by atoms with Crippen LogP contribution >= 0.6 is 27.5 Å². The molecule has 2 N–H and O–H groups in total. The lowest BCUT2D eigenvalue weighted by Crippen LogP contribution is -2.27. The number of nitrogens with zero attached hydrogens (tertiary/aromatic N) is 1. The fourth-order valence-corrected chi connectivity index (χ4v) is 1.53. The number of aromatic nitrogens is 1. The van der Waals surface area contributed by atoms with Crippen LogP contribution in [0.4, 0.5) is 14.6 Å². The summed E-state index contributed by atoms with van der Waals surface area (Å²) in [5, 5.41) is 11.7. The zero-order chi connectivity index (χ0) is 11.4. The Labute approximate surface area is 98.6 Å². The molecule has 0 bridgehead atoms. The zero-order valence-corrected chi connectivity index (χ0v) is 9.76. The highest BCUT2D eigenvalue weighted by molar-refractivity contribution is 9.10. The molecule has 1 rings (SSSR count). The van der Waals surface area contributed by atoms with E-state index in [1.807, 2.05) is 0 Å². The van der Waals surface area contributed by atoms with E-state index in [-0.39, 0.29) is 12.4 Å². The quantitative estimate of drug-likeness (QED) is 0.898. The van der Waals surface area contributed by atoms with Gasteiger partial charge in [-0.05, 0) is 22.0 Å². The molecule has 1 aromatic heterocycles. The first-order valence-corrected chi connectivity index (χ1v) is 5.19. The number of halogens is 4. The molecule has 0 spiro atoms. The SMILES string of the molecule is OC(CNc1ncc(Br)cc1Cl)C(F)F. The number of nitrogens with one attached hydrogen (secondary N) is 1. The maximum absolute atomic E-state index is 11.9. The van der Waals surface area contributed by atoms with Crippen molar-refractivity contribution in [1.82, 2.24) is 4.98 Å². The first-order chi connectivity index (χ1) is 7.00. The first-order valence-electron chi connectivity index (χ1n) is 4.02. The maximum atomic E-state index is 11.9. The predicted octanol–water partition coefficient (Wildman–Crippen LogP) is 2.54. The molecule has 0 radical (unpaired) electrons. The summed E-state index contributed by atoms with van der Waals surface area (Å²) in [5.74, 6) is 0.263. The van der Waals surface area contributed by atoms with Crippen LogP contribution < -0.4 is 5.32 Å². The van der Waals surface area contributed by atoms with Gasteiger partial charge in [-0.2, -0.15) is 0 Å². The van der Waals surface area contributed by atoms with Crippen molar-refractivity contribution in [2.45, 2.75) is 12.5 Å². The minimum atomic E-state index is -2.79. The van der Waals surface area contributed by atoms with Crippen LogP contribution in [0, 0.1) is 0 Å². The summed E-state index contributed by atoms with van der Waals surface area (Å²) >= 11 is 8.92. The zero-order valence-electron chi connectivity index (χ0n) is 7.42. The highest BCUT2D eigenvalue weighted by Gasteiger charge is 2.16. The van der Waals surface area contributed by atoms with Crippen LogP contribution in [0.1, 0.15) is 0 Å². The number of aliphatic hydroxyl groups excluding tert-OH is 1. The second kappa shape index (κ2) is 5.58. The summed E-state index contributed by atoms with van der Waals surface area (Å²) in [6.45, 7) is -0.300. The lowest BCUT2D eigenvalue weighted by atomic mass is 10.3. The van der Waals surface area contributed by atoms with Crippen LogP contribution in [0.2, 0.25) is 5.02 Å². The number of hydrogen-bond donors (Lipinski definition) is 2. The van der Waals surface area contributed by atoms with Crippen LogP contribution in [0.5, 0.6) is 0 Å². The summed E-state index contributed by atoms with van der Waals surface area (Å²) in [5.41, 5.74) is 0. The molecule has 0 saturated carbocycles. The Morgan fingerprint density at radius 1 is 1.60 bits per heavy atom. The average Bonchev–Trinajstić information content (AvgIpc) is 2.15. The predicted molar refractivity (Wildman–Crippen MR) is 57.4 cm³/mol. The molecule has 7 heteroatoms. The van der Waals surface area contributed by atoms with E-state index in [1.165, 1.54) is 6.20 Å². The largest absolute Gasteiger partial charge is 0.385 e. The fourth-order valence-electron chi connectivity index (χ4n) is 0.835. The van der Waals surface area contributed by atoms with E-state index in [0.717, 1.165) is 0 Å². The molecule has 0 aromatic carbocycles. The molecular weight excluding hydrogens is 293 g/mol. The summed E-state index contributed by atoms with van der Waals surface area (Å²) in [4.78, 5) is 3.86. The van der Waals surface area contributed by atoms with Gasteiger partial charge in [0.25, 0.3) is 6.43 Å². The first kappa shape index (κ1) is 12.6. The Balaban J connectivity index is 2.58. The van der Waals surface area contributed by atoms with Gasteiger partial charge in [-0.15, -0.1) is 0 Å². The van der Waals surface area contributed by atoms with E-state index in [0.29, 0.717) is 9.50 Å². The van der Waals surface area contributed by atoms with Crippen molar-refractivity contribution in [2.75, 3.05) is 11.9 Å². The molecule has 1 heterocycles. The van der Waals surface area contributed by atoms with Crippen molar-refractivity contribution >= 4 is 33.3 Å². The molecule has 3 nitrogen and oxygen atoms in total. The molecule has 0 aliphatic carbocycles. The number of alkyl halides is 2. The highest BCUT2D eigenvalue weighted by atomic mass is 79.9. The van der Waals surface area contributed by atoms with E-state index in [9.17, 15) is 8.78 Å². The molecular formula is C8H8BrClF2N2O. The van der Waals surface area contributed by atoms with Crippen LogP contribution in [-0.4, -0.2) is 29.2 Å². The smallest absolute Gasteiger partial charge is 0.265 e. The van der Waals surface area contributed by atoms with Crippen LogP contribution in [0.3, 0.4) is 0 Å². The lowest BCUT2D eigenvalue weighted by molar-refractivity contribution is 0.00381. The molecule has 15 heavy (non-hydrogen) atoms. The molecule has 0 fully saturated rings. The van der Waals surface area contributed by atoms with Gasteiger partial charge in [-0.1, -0.05) is 11.6 Å². The number of aliphatic hydroxyl groups is 1. The van der Waals surface area contributed by atoms with E-state index >= 15 is 0 Å². The monoisotopic (exact) mass is 300 g/mol. The van der Waals surface area contributed by atoms with E-state index in [2.05, 4.69) is 26.2 Å². The summed E-state index contributed by atoms with van der Waals surface area (Å²) in [7, 11) is 0. The Hall–Kier alpha value is -0.460. The minimum absolute atomic E-state index is 0.263. The molecule has 0 aliphatic heterocycles. The van der Waals surface area contributed by atoms with Crippen molar-refractivity contribution in [3.8, 4) is 0 Å². The Morgan fingerprint density at radius 3 is 2.80 bits per heavy atom. The van der Waals surface area contributed by atoms with Crippen molar-refractivity contribution in [3.63, 3.8) is 0 Å². The molecule has 1 aromatic rings. The average molecular weight is 302 g/mol. The normalized spacial score (nSPS) is 12.9. The number of anilines is 1. The van der Waals surface area contributed by atoms with Crippen molar-refractivity contribution in [3.05, 3.63) is 21.8 Å². The van der Waals surface area contributed by atoms with Gasteiger partial charge in [0.1, 0.15) is 11.9 Å². The fraction of sp³-hybridized carbons (Fsp3) is 0.375. The van der Waals surface area contributed by atoms with Crippen LogP contribution in [-0.2, 0) is 0 Å². The molecule has 1 unspecified atom stereocenters. The third-order valence-electron chi connectivity index (χ3n) is 1.58. The highest BCUT2D eigenvalue weighted by Crippen LogP contribution is 2.22. The van der Waals surface area contributed by atoms with Crippen molar-refractivity contribution < 1.29 is 13.9 Å². The Bertz CT molecular complexity index is 340. The topological polar surface area (TPSA) is 45.1 Å². The van der Waals surface area contributed by atoms with Gasteiger partial charge in [0, 0.05) is 17.2 Å². The van der Waals surface area contributed by atoms with Gasteiger partial charge in [-0.25, -0.2) is 13.8 Å². The van der Waals surface area contributed by atoms with Crippen molar-refractivity contribution in [2.24, 2.45) is 0 Å². The van der Waals surface area contributed by atoms with E-state index in [4.69, 9.17) is 16.7 Å². The number of rotatable bonds is 4. The van der Waals surface area contributed by atoms with E-state index < -0.39 is 12.5 Å². The maximum Gasteiger partial charge on any atom is 0.265 e. The summed E-state index contributed by atoms with van der Waals surface area (Å²) in [6, 6.07) is 1.58. The molecule has 1 atom stereocenters. The summed E-state index contributed by atoms with van der Waals surface area (Å²) in [6.07, 6.45) is -3.04. The van der Waals surface area contributed by atoms with Crippen LogP contribution in [0.15, 0.2) is 16.7 Å². The number of hydrogen-bond acceptors (Lipinski definition) is 3. The Kier molecular flexibility index (Phi) is 4.69. The van der Waals surface area contributed by atoms with Gasteiger partial charge >= 0.3 is 0 Å². The number of pyridine rings is 1. The standard InChI is InChI=1S/C8H8BrClF2N2O/c9-4-1-5(10)8(13-2-4)14-3-6(15)7(11)12/h1-2,6-7,15H,3H2,(H,13,14). The van der Waals surface area contributed by atoms with Gasteiger partial charge in [0.2, 0.25) is 0 Å². The third-order valence-corrected chi connectivity index (χ3v) is 2.30. The second-order valence-electron chi connectivity index (χ2n) is 2.77. The van der Waals surface area contributed by atoms with Gasteiger partial charge in [-0.3, -0.25) is 0 Å². The van der Waals surface area contributed by atoms with Gasteiger partial charge in [0.05, 0.1) is 5.02 Å². The second-order valence-corrected chi connectivity index (χ2v) is 4.09. The third kappa shape index (κ3) is 3.89. The Morgan fingerprint density at radius 2 is 2.27 bits per heavy atom. The van der Waals surface area contributed by atoms with Crippen LogP contribution in [0.25, 0.3) is 0 Å². The summed E-state index contributed by atoms with van der Waals surface area (Å²) < 4.78 is 24.6. The van der Waals surface area contributed by atoms with E-state index in [1.54, 1.807) is 6.07 Å². The van der Waals surface area contributed by atoms with Crippen molar-refractivity contribution in [1.29, 1.82) is 0 Å².